The summed E-state index contributed by atoms with van der Waals surface area (Å²) < 4.78 is 0.891. The summed E-state index contributed by atoms with van der Waals surface area (Å²) in [5.41, 5.74) is 0. The number of hydrogen-bond donors (Lipinski definition) is 1. The van der Waals surface area contributed by atoms with Gasteiger partial charge in [0.2, 0.25) is 0 Å². The lowest BCUT2D eigenvalue weighted by atomic mass is 10.1. The van der Waals surface area contributed by atoms with Gasteiger partial charge in [-0.2, -0.15) is 0 Å². The van der Waals surface area contributed by atoms with Crippen molar-refractivity contribution in [2.45, 2.75) is 38.3 Å². The molecule has 2 atom stereocenters. The molecule has 1 fully saturated rings. The Morgan fingerprint density at radius 1 is 1.41 bits per heavy atom. The van der Waals surface area contributed by atoms with E-state index in [0.717, 1.165) is 10.9 Å². The third-order valence-electron chi connectivity index (χ3n) is 3.74. The number of hydrogen-bond acceptors (Lipinski definition) is 3. The fraction of sp³-hybridized carbons (Fsp3) is 0.692. The van der Waals surface area contributed by atoms with Crippen molar-refractivity contribution in [3.05, 3.63) is 21.3 Å². The SMILES string of the molecule is CC(c1ccc(Cl)s1)N(C)C1CCCNCC1. The fourth-order valence-corrected chi connectivity index (χ4v) is 3.64. The quantitative estimate of drug-likeness (QED) is 0.906. The largest absolute Gasteiger partial charge is 0.317 e. The molecule has 0 aliphatic carbocycles. The minimum absolute atomic E-state index is 0.468. The summed E-state index contributed by atoms with van der Waals surface area (Å²) in [5, 5.41) is 3.47. The van der Waals surface area contributed by atoms with Crippen LogP contribution in [0.4, 0.5) is 0 Å². The first-order valence-corrected chi connectivity index (χ1v) is 7.56. The molecule has 17 heavy (non-hydrogen) atoms. The molecule has 4 heteroatoms. The van der Waals surface area contributed by atoms with Crippen molar-refractivity contribution in [3.63, 3.8) is 0 Å². The van der Waals surface area contributed by atoms with Gasteiger partial charge in [-0.3, -0.25) is 4.90 Å². The van der Waals surface area contributed by atoms with Crippen molar-refractivity contribution in [1.82, 2.24) is 10.2 Å². The van der Waals surface area contributed by atoms with Crippen LogP contribution >= 0.6 is 22.9 Å². The van der Waals surface area contributed by atoms with E-state index in [1.807, 2.05) is 6.07 Å². The summed E-state index contributed by atoms with van der Waals surface area (Å²) in [6.45, 7) is 4.59. The van der Waals surface area contributed by atoms with E-state index in [2.05, 4.69) is 30.3 Å². The van der Waals surface area contributed by atoms with Gasteiger partial charge in [0.05, 0.1) is 4.34 Å². The van der Waals surface area contributed by atoms with Crippen LogP contribution < -0.4 is 5.32 Å². The molecule has 1 aromatic rings. The molecule has 1 aromatic heterocycles. The van der Waals surface area contributed by atoms with Gasteiger partial charge in [-0.1, -0.05) is 11.6 Å². The van der Waals surface area contributed by atoms with Crippen molar-refractivity contribution >= 4 is 22.9 Å². The molecule has 0 radical (unpaired) electrons. The van der Waals surface area contributed by atoms with Crippen LogP contribution in [0.3, 0.4) is 0 Å². The second kappa shape index (κ2) is 6.19. The van der Waals surface area contributed by atoms with E-state index >= 15 is 0 Å². The van der Waals surface area contributed by atoms with Crippen molar-refractivity contribution in [2.75, 3.05) is 20.1 Å². The molecule has 96 valence electrons. The zero-order valence-corrected chi connectivity index (χ0v) is 12.2. The molecule has 2 unspecified atom stereocenters. The molecule has 2 nitrogen and oxygen atoms in total. The molecule has 0 saturated carbocycles. The first kappa shape index (κ1) is 13.3. The minimum atomic E-state index is 0.468. The molecule has 2 rings (SSSR count). The van der Waals surface area contributed by atoms with Gasteiger partial charge in [-0.15, -0.1) is 11.3 Å². The Morgan fingerprint density at radius 2 is 2.24 bits per heavy atom. The number of nitrogens with one attached hydrogen (secondary N) is 1. The molecule has 2 heterocycles. The van der Waals surface area contributed by atoms with E-state index in [1.54, 1.807) is 11.3 Å². The summed E-state index contributed by atoms with van der Waals surface area (Å²) >= 11 is 7.71. The summed E-state index contributed by atoms with van der Waals surface area (Å²) in [4.78, 5) is 3.88. The van der Waals surface area contributed by atoms with Crippen LogP contribution in [0.5, 0.6) is 0 Å². The van der Waals surface area contributed by atoms with Crippen LogP contribution in [-0.4, -0.2) is 31.1 Å². The Hall–Kier alpha value is -0.0900. The number of thiophene rings is 1. The Kier molecular flexibility index (Phi) is 4.86. The molecule has 0 aromatic carbocycles. The Labute approximate surface area is 113 Å². The molecule has 0 amide bonds. The normalized spacial score (nSPS) is 23.6. The molecular formula is C13H21ClN2S. The Morgan fingerprint density at radius 3 is 2.94 bits per heavy atom. The van der Waals surface area contributed by atoms with E-state index in [-0.39, 0.29) is 0 Å². The minimum Gasteiger partial charge on any atom is -0.317 e. The molecule has 1 aliphatic heterocycles. The number of nitrogens with zero attached hydrogens (tertiary/aromatic N) is 1. The topological polar surface area (TPSA) is 15.3 Å². The summed E-state index contributed by atoms with van der Waals surface area (Å²) in [6, 6.07) is 5.32. The molecule has 1 saturated heterocycles. The van der Waals surface area contributed by atoms with Gasteiger partial charge in [0, 0.05) is 17.0 Å². The number of rotatable bonds is 3. The van der Waals surface area contributed by atoms with E-state index in [1.165, 1.54) is 30.7 Å². The predicted molar refractivity (Wildman–Crippen MR) is 76.0 cm³/mol. The second-order valence-corrected chi connectivity index (χ2v) is 6.56. The van der Waals surface area contributed by atoms with Crippen LogP contribution in [0.1, 0.15) is 37.1 Å². The summed E-state index contributed by atoms with van der Waals surface area (Å²) in [5.74, 6) is 0. The lowest BCUT2D eigenvalue weighted by molar-refractivity contribution is 0.173. The van der Waals surface area contributed by atoms with Crippen LogP contribution in [0.25, 0.3) is 0 Å². The van der Waals surface area contributed by atoms with E-state index in [0.29, 0.717) is 12.1 Å². The van der Waals surface area contributed by atoms with Gasteiger partial charge in [0.15, 0.2) is 0 Å². The van der Waals surface area contributed by atoms with Gasteiger partial charge in [-0.05, 0) is 58.5 Å². The summed E-state index contributed by atoms with van der Waals surface area (Å²) in [7, 11) is 2.24. The lowest BCUT2D eigenvalue weighted by Gasteiger charge is -2.32. The van der Waals surface area contributed by atoms with Crippen molar-refractivity contribution in [3.8, 4) is 0 Å². The maximum absolute atomic E-state index is 6.01. The predicted octanol–water partition coefficient (Wildman–Crippen LogP) is 3.54. The average molecular weight is 273 g/mol. The van der Waals surface area contributed by atoms with Crippen LogP contribution in [0.2, 0.25) is 4.34 Å². The fourth-order valence-electron chi connectivity index (χ4n) is 2.48. The van der Waals surface area contributed by atoms with Crippen molar-refractivity contribution in [2.24, 2.45) is 0 Å². The first-order chi connectivity index (χ1) is 8.18. The Balaban J connectivity index is 2.00. The highest BCUT2D eigenvalue weighted by Gasteiger charge is 2.22. The maximum Gasteiger partial charge on any atom is 0.0931 e. The first-order valence-electron chi connectivity index (χ1n) is 6.36. The van der Waals surface area contributed by atoms with Crippen LogP contribution in [-0.2, 0) is 0 Å². The smallest absolute Gasteiger partial charge is 0.0931 e. The van der Waals surface area contributed by atoms with Gasteiger partial charge < -0.3 is 5.32 Å². The highest BCUT2D eigenvalue weighted by Crippen LogP contribution is 2.31. The van der Waals surface area contributed by atoms with Gasteiger partial charge in [-0.25, -0.2) is 0 Å². The van der Waals surface area contributed by atoms with Crippen LogP contribution in [0, 0.1) is 0 Å². The van der Waals surface area contributed by atoms with E-state index in [9.17, 15) is 0 Å². The molecule has 0 bridgehead atoms. The highest BCUT2D eigenvalue weighted by atomic mass is 35.5. The van der Waals surface area contributed by atoms with Crippen LogP contribution in [0.15, 0.2) is 12.1 Å². The maximum atomic E-state index is 6.01. The third-order valence-corrected chi connectivity index (χ3v) is 5.14. The average Bonchev–Trinajstić information content (AvgIpc) is 2.60. The lowest BCUT2D eigenvalue weighted by Crippen LogP contribution is -2.34. The molecule has 0 spiro atoms. The second-order valence-electron chi connectivity index (χ2n) is 4.82. The molecule has 1 N–H and O–H groups in total. The van der Waals surface area contributed by atoms with Gasteiger partial charge in [0.25, 0.3) is 0 Å². The van der Waals surface area contributed by atoms with Gasteiger partial charge in [0.1, 0.15) is 0 Å². The summed E-state index contributed by atoms with van der Waals surface area (Å²) in [6.07, 6.45) is 3.83. The molecule has 1 aliphatic rings. The highest BCUT2D eigenvalue weighted by molar-refractivity contribution is 7.16. The van der Waals surface area contributed by atoms with Gasteiger partial charge >= 0.3 is 0 Å². The molecular weight excluding hydrogens is 252 g/mol. The van der Waals surface area contributed by atoms with E-state index in [4.69, 9.17) is 11.6 Å². The zero-order chi connectivity index (χ0) is 12.3. The van der Waals surface area contributed by atoms with E-state index < -0.39 is 0 Å². The van der Waals surface area contributed by atoms with Crippen molar-refractivity contribution < 1.29 is 0 Å². The standard InChI is InChI=1S/C13H21ClN2S/c1-10(12-5-6-13(14)17-12)16(2)11-4-3-8-15-9-7-11/h5-6,10-11,15H,3-4,7-9H2,1-2H3. The van der Waals surface area contributed by atoms with Crippen molar-refractivity contribution in [1.29, 1.82) is 0 Å². The third kappa shape index (κ3) is 3.44. The number of halogens is 1. The Bertz CT molecular complexity index is 345. The zero-order valence-electron chi connectivity index (χ0n) is 10.6. The monoisotopic (exact) mass is 272 g/mol.